The van der Waals surface area contributed by atoms with Gasteiger partial charge in [-0.25, -0.2) is 9.18 Å². The second-order valence-corrected chi connectivity index (χ2v) is 5.02. The number of nitrogens with one attached hydrogen (secondary N) is 2. The molecular formula is C16H16ClFN2O. The van der Waals surface area contributed by atoms with Gasteiger partial charge in [-0.2, -0.15) is 0 Å². The molecule has 110 valence electrons. The van der Waals surface area contributed by atoms with Gasteiger partial charge in [-0.3, -0.25) is 0 Å². The molecule has 0 unspecified atom stereocenters. The molecule has 0 fully saturated rings. The maximum atomic E-state index is 13.0. The number of carbonyl (C=O) groups is 1. The van der Waals surface area contributed by atoms with E-state index in [1.54, 1.807) is 6.07 Å². The molecule has 5 heteroatoms. The van der Waals surface area contributed by atoms with Crippen LogP contribution in [0, 0.1) is 5.82 Å². The van der Waals surface area contributed by atoms with Crippen molar-refractivity contribution in [3.8, 4) is 0 Å². The summed E-state index contributed by atoms with van der Waals surface area (Å²) in [7, 11) is 0. The normalized spacial score (nSPS) is 10.2. The average Bonchev–Trinajstić information content (AvgIpc) is 2.48. The highest BCUT2D eigenvalue weighted by Gasteiger charge is 2.04. The fourth-order valence-corrected chi connectivity index (χ4v) is 2.08. The summed E-state index contributed by atoms with van der Waals surface area (Å²) < 4.78 is 13.0. The monoisotopic (exact) mass is 306 g/mol. The molecule has 2 aromatic rings. The lowest BCUT2D eigenvalue weighted by molar-refractivity contribution is 0.251. The third kappa shape index (κ3) is 4.46. The van der Waals surface area contributed by atoms with Crippen molar-refractivity contribution in [2.75, 3.05) is 5.32 Å². The summed E-state index contributed by atoms with van der Waals surface area (Å²) >= 11 is 5.69. The molecule has 0 atom stereocenters. The zero-order valence-electron chi connectivity index (χ0n) is 11.6. The fourth-order valence-electron chi connectivity index (χ4n) is 1.88. The van der Waals surface area contributed by atoms with Crippen LogP contribution in [-0.4, -0.2) is 6.03 Å². The molecule has 2 rings (SSSR count). The molecule has 3 nitrogen and oxygen atoms in total. The Kier molecular flexibility index (Phi) is 5.17. The third-order valence-electron chi connectivity index (χ3n) is 3.03. The van der Waals surface area contributed by atoms with Gasteiger partial charge in [0.15, 0.2) is 0 Å². The van der Waals surface area contributed by atoms with Crippen molar-refractivity contribution in [1.82, 2.24) is 5.32 Å². The standard InChI is InChI=1S/C16H16ClFN2O/c1-2-11-4-3-5-13(8-11)20-16(21)19-10-12-6-7-15(18)14(17)9-12/h3-9H,2,10H2,1H3,(H2,19,20,21). The quantitative estimate of drug-likeness (QED) is 0.865. The van der Waals surface area contributed by atoms with E-state index in [4.69, 9.17) is 11.6 Å². The van der Waals surface area contributed by atoms with Crippen LogP contribution in [0.3, 0.4) is 0 Å². The van der Waals surface area contributed by atoms with Crippen LogP contribution >= 0.6 is 11.6 Å². The number of carbonyl (C=O) groups excluding carboxylic acids is 1. The molecule has 0 spiro atoms. The maximum absolute atomic E-state index is 13.0. The molecule has 0 bridgehead atoms. The molecule has 0 saturated carbocycles. The lowest BCUT2D eigenvalue weighted by Gasteiger charge is -2.09. The summed E-state index contributed by atoms with van der Waals surface area (Å²) in [4.78, 5) is 11.8. The van der Waals surface area contributed by atoms with Crippen molar-refractivity contribution in [2.45, 2.75) is 19.9 Å². The van der Waals surface area contributed by atoms with Gasteiger partial charge in [0.1, 0.15) is 5.82 Å². The molecule has 2 aromatic carbocycles. The summed E-state index contributed by atoms with van der Waals surface area (Å²) in [5.74, 6) is -0.471. The van der Waals surface area contributed by atoms with E-state index >= 15 is 0 Å². The first kappa shape index (κ1) is 15.3. The van der Waals surface area contributed by atoms with Crippen LogP contribution in [-0.2, 0) is 13.0 Å². The largest absolute Gasteiger partial charge is 0.334 e. The summed E-state index contributed by atoms with van der Waals surface area (Å²) in [5.41, 5.74) is 2.63. The van der Waals surface area contributed by atoms with Crippen molar-refractivity contribution in [1.29, 1.82) is 0 Å². The molecule has 2 amide bonds. The van der Waals surface area contributed by atoms with Gasteiger partial charge in [0, 0.05) is 12.2 Å². The molecule has 0 aliphatic heterocycles. The van der Waals surface area contributed by atoms with Crippen molar-refractivity contribution >= 4 is 23.3 Å². The van der Waals surface area contributed by atoms with E-state index in [0.29, 0.717) is 0 Å². The predicted octanol–water partition coefficient (Wildman–Crippen LogP) is 4.36. The van der Waals surface area contributed by atoms with Gasteiger partial charge in [-0.05, 0) is 41.8 Å². The lowest BCUT2D eigenvalue weighted by atomic mass is 10.1. The zero-order chi connectivity index (χ0) is 15.2. The first-order valence-electron chi connectivity index (χ1n) is 6.66. The Labute approximate surface area is 128 Å². The van der Waals surface area contributed by atoms with Crippen molar-refractivity contribution < 1.29 is 9.18 Å². The number of aryl methyl sites for hydroxylation is 1. The van der Waals surface area contributed by atoms with E-state index in [1.165, 1.54) is 12.1 Å². The highest BCUT2D eigenvalue weighted by molar-refractivity contribution is 6.30. The van der Waals surface area contributed by atoms with Gasteiger partial charge >= 0.3 is 6.03 Å². The predicted molar refractivity (Wildman–Crippen MR) is 83.1 cm³/mol. The fraction of sp³-hybridized carbons (Fsp3) is 0.188. The average molecular weight is 307 g/mol. The van der Waals surface area contributed by atoms with Crippen molar-refractivity contribution in [3.63, 3.8) is 0 Å². The molecule has 21 heavy (non-hydrogen) atoms. The number of rotatable bonds is 4. The number of anilines is 1. The summed E-state index contributed by atoms with van der Waals surface area (Å²) in [6, 6.07) is 11.7. The Balaban J connectivity index is 1.90. The van der Waals surface area contributed by atoms with Gasteiger partial charge in [0.25, 0.3) is 0 Å². The first-order valence-corrected chi connectivity index (χ1v) is 7.04. The minimum atomic E-state index is -0.471. The van der Waals surface area contributed by atoms with Gasteiger partial charge in [0.05, 0.1) is 5.02 Å². The van der Waals surface area contributed by atoms with Crippen LogP contribution in [0.25, 0.3) is 0 Å². The number of benzene rings is 2. The Bertz CT molecular complexity index is 646. The van der Waals surface area contributed by atoms with E-state index in [-0.39, 0.29) is 17.6 Å². The highest BCUT2D eigenvalue weighted by atomic mass is 35.5. The van der Waals surface area contributed by atoms with Crippen LogP contribution < -0.4 is 10.6 Å². The smallest absolute Gasteiger partial charge is 0.319 e. The zero-order valence-corrected chi connectivity index (χ0v) is 12.4. The minimum Gasteiger partial charge on any atom is -0.334 e. The summed E-state index contributed by atoms with van der Waals surface area (Å²) in [6.45, 7) is 2.33. The molecule has 0 radical (unpaired) electrons. The number of halogens is 2. The Hall–Kier alpha value is -2.07. The maximum Gasteiger partial charge on any atom is 0.319 e. The number of urea groups is 1. The van der Waals surface area contributed by atoms with E-state index in [1.807, 2.05) is 24.3 Å². The van der Waals surface area contributed by atoms with E-state index in [0.717, 1.165) is 23.2 Å². The number of hydrogen-bond acceptors (Lipinski definition) is 1. The molecular weight excluding hydrogens is 291 g/mol. The SMILES string of the molecule is CCc1cccc(NC(=O)NCc2ccc(F)c(Cl)c2)c1. The second kappa shape index (κ2) is 7.09. The summed E-state index contributed by atoms with van der Waals surface area (Å²) in [5, 5.41) is 5.50. The van der Waals surface area contributed by atoms with Crippen LogP contribution in [0.5, 0.6) is 0 Å². The molecule has 0 aliphatic rings. The number of amides is 2. The van der Waals surface area contributed by atoms with Crippen LogP contribution in [0.15, 0.2) is 42.5 Å². The summed E-state index contributed by atoms with van der Waals surface area (Å²) in [6.07, 6.45) is 0.908. The third-order valence-corrected chi connectivity index (χ3v) is 3.32. The van der Waals surface area contributed by atoms with Crippen molar-refractivity contribution in [3.05, 3.63) is 64.4 Å². The van der Waals surface area contributed by atoms with Crippen LogP contribution in [0.4, 0.5) is 14.9 Å². The molecule has 0 aromatic heterocycles. The first-order chi connectivity index (χ1) is 10.1. The minimum absolute atomic E-state index is 0.0466. The molecule has 0 aliphatic carbocycles. The Morgan fingerprint density at radius 2 is 2.00 bits per heavy atom. The van der Waals surface area contributed by atoms with Crippen LogP contribution in [0.1, 0.15) is 18.1 Å². The van der Waals surface area contributed by atoms with Crippen LogP contribution in [0.2, 0.25) is 5.02 Å². The Morgan fingerprint density at radius 3 is 2.71 bits per heavy atom. The van der Waals surface area contributed by atoms with Gasteiger partial charge in [0.2, 0.25) is 0 Å². The number of hydrogen-bond donors (Lipinski definition) is 2. The van der Waals surface area contributed by atoms with E-state index in [9.17, 15) is 9.18 Å². The van der Waals surface area contributed by atoms with E-state index in [2.05, 4.69) is 17.6 Å². The van der Waals surface area contributed by atoms with E-state index < -0.39 is 5.82 Å². The second-order valence-electron chi connectivity index (χ2n) is 4.61. The topological polar surface area (TPSA) is 41.1 Å². The van der Waals surface area contributed by atoms with Crippen molar-refractivity contribution in [2.24, 2.45) is 0 Å². The van der Waals surface area contributed by atoms with Gasteiger partial charge in [-0.1, -0.05) is 36.7 Å². The Morgan fingerprint density at radius 1 is 1.19 bits per heavy atom. The molecule has 0 saturated heterocycles. The molecule has 0 heterocycles. The lowest BCUT2D eigenvalue weighted by Crippen LogP contribution is -2.28. The van der Waals surface area contributed by atoms with Gasteiger partial charge in [-0.15, -0.1) is 0 Å². The molecule has 2 N–H and O–H groups in total. The highest BCUT2D eigenvalue weighted by Crippen LogP contribution is 2.16. The van der Waals surface area contributed by atoms with Gasteiger partial charge < -0.3 is 10.6 Å².